The predicted octanol–water partition coefficient (Wildman–Crippen LogP) is -0.520. The van der Waals surface area contributed by atoms with Gasteiger partial charge in [-0.2, -0.15) is 0 Å². The van der Waals surface area contributed by atoms with Gasteiger partial charge in [0.2, 0.25) is 5.91 Å². The van der Waals surface area contributed by atoms with Gasteiger partial charge in [0.25, 0.3) is 0 Å². The van der Waals surface area contributed by atoms with Crippen LogP contribution < -0.4 is 10.6 Å². The molecule has 7 heteroatoms. The molecule has 0 aromatic carbocycles. The number of carbonyl (C=O) groups excluding carboxylic acids is 1. The summed E-state index contributed by atoms with van der Waals surface area (Å²) in [7, 11) is 1.63. The molecule has 0 bridgehead atoms. The molecule has 1 rings (SSSR count). The van der Waals surface area contributed by atoms with Gasteiger partial charge in [-0.1, -0.05) is 5.21 Å². The highest BCUT2D eigenvalue weighted by molar-refractivity contribution is 5.77. The Bertz CT molecular complexity index is 315. The molecule has 0 aliphatic heterocycles. The molecule has 0 aliphatic carbocycles. The monoisotopic (exact) mass is 255 g/mol. The maximum absolute atomic E-state index is 10.9. The molecule has 1 aromatic rings. The molecule has 1 aromatic heterocycles. The summed E-state index contributed by atoms with van der Waals surface area (Å²) in [5.41, 5.74) is 0.964. The van der Waals surface area contributed by atoms with E-state index >= 15 is 0 Å². The van der Waals surface area contributed by atoms with Crippen molar-refractivity contribution in [1.82, 2.24) is 26.0 Å². The standard InChI is InChI=1S/C11H21N5O2/c1-12-11(17)9-13-5-3-7-18-6-2-4-10-8-14-16-15-10/h8,13H,2-7,9H2,1H3,(H,12,17)(H,14,15,16). The fourth-order valence-electron chi connectivity index (χ4n) is 1.39. The number of carbonyl (C=O) groups is 1. The van der Waals surface area contributed by atoms with E-state index < -0.39 is 0 Å². The van der Waals surface area contributed by atoms with E-state index in [0.29, 0.717) is 13.2 Å². The van der Waals surface area contributed by atoms with Crippen molar-refractivity contribution in [3.63, 3.8) is 0 Å². The van der Waals surface area contributed by atoms with E-state index in [-0.39, 0.29) is 5.91 Å². The fourth-order valence-corrected chi connectivity index (χ4v) is 1.39. The van der Waals surface area contributed by atoms with E-state index in [4.69, 9.17) is 4.74 Å². The number of ether oxygens (including phenoxy) is 1. The normalized spacial score (nSPS) is 10.5. The Labute approximate surface area is 107 Å². The van der Waals surface area contributed by atoms with E-state index in [9.17, 15) is 4.79 Å². The number of aryl methyl sites for hydroxylation is 1. The van der Waals surface area contributed by atoms with Gasteiger partial charge in [0, 0.05) is 26.5 Å². The summed E-state index contributed by atoms with van der Waals surface area (Å²) in [4.78, 5) is 10.9. The first-order chi connectivity index (χ1) is 8.83. The Balaban J connectivity index is 1.80. The quantitative estimate of drug-likeness (QED) is 0.489. The minimum Gasteiger partial charge on any atom is -0.381 e. The zero-order chi connectivity index (χ0) is 13.1. The minimum absolute atomic E-state index is 0.00327. The average molecular weight is 255 g/mol. The first-order valence-electron chi connectivity index (χ1n) is 6.17. The topological polar surface area (TPSA) is 91.9 Å². The summed E-state index contributed by atoms with van der Waals surface area (Å²) in [6.45, 7) is 2.58. The van der Waals surface area contributed by atoms with Crippen molar-refractivity contribution in [1.29, 1.82) is 0 Å². The molecule has 0 saturated heterocycles. The number of hydrogen-bond donors (Lipinski definition) is 3. The van der Waals surface area contributed by atoms with E-state index in [1.165, 1.54) is 0 Å². The van der Waals surface area contributed by atoms with E-state index in [0.717, 1.165) is 38.1 Å². The van der Waals surface area contributed by atoms with Gasteiger partial charge < -0.3 is 15.4 Å². The summed E-state index contributed by atoms with van der Waals surface area (Å²) < 4.78 is 5.47. The van der Waals surface area contributed by atoms with Crippen molar-refractivity contribution in [3.05, 3.63) is 11.9 Å². The lowest BCUT2D eigenvalue weighted by Gasteiger charge is -2.05. The van der Waals surface area contributed by atoms with Crippen LogP contribution in [-0.2, 0) is 16.0 Å². The molecule has 0 unspecified atom stereocenters. The van der Waals surface area contributed by atoms with Crippen LogP contribution in [0.2, 0.25) is 0 Å². The Hall–Kier alpha value is -1.47. The van der Waals surface area contributed by atoms with Gasteiger partial charge in [0.1, 0.15) is 0 Å². The second-order valence-electron chi connectivity index (χ2n) is 3.88. The molecule has 0 atom stereocenters. The molecule has 18 heavy (non-hydrogen) atoms. The number of nitrogens with zero attached hydrogens (tertiary/aromatic N) is 2. The van der Waals surface area contributed by atoms with E-state index in [1.807, 2.05) is 0 Å². The van der Waals surface area contributed by atoms with Crippen molar-refractivity contribution in [3.8, 4) is 0 Å². The number of H-pyrrole nitrogens is 1. The van der Waals surface area contributed by atoms with Crippen LogP contribution >= 0.6 is 0 Å². The molecule has 0 fully saturated rings. The van der Waals surface area contributed by atoms with Gasteiger partial charge in [-0.05, 0) is 25.8 Å². The van der Waals surface area contributed by atoms with E-state index in [2.05, 4.69) is 26.0 Å². The summed E-state index contributed by atoms with van der Waals surface area (Å²) >= 11 is 0. The largest absolute Gasteiger partial charge is 0.381 e. The maximum atomic E-state index is 10.9. The lowest BCUT2D eigenvalue weighted by atomic mass is 10.3. The molecular formula is C11H21N5O2. The Morgan fingerprint density at radius 2 is 2.28 bits per heavy atom. The molecule has 0 spiro atoms. The van der Waals surface area contributed by atoms with Crippen LogP contribution in [0.15, 0.2) is 6.20 Å². The summed E-state index contributed by atoms with van der Waals surface area (Å²) in [5.74, 6) is 0.00327. The van der Waals surface area contributed by atoms with Crippen molar-refractivity contribution in [2.45, 2.75) is 19.3 Å². The molecule has 0 radical (unpaired) electrons. The van der Waals surface area contributed by atoms with Crippen molar-refractivity contribution in [2.24, 2.45) is 0 Å². The zero-order valence-corrected chi connectivity index (χ0v) is 10.7. The summed E-state index contributed by atoms with van der Waals surface area (Å²) in [5, 5.41) is 15.8. The Morgan fingerprint density at radius 3 is 3.00 bits per heavy atom. The predicted molar refractivity (Wildman–Crippen MR) is 67.1 cm³/mol. The summed E-state index contributed by atoms with van der Waals surface area (Å²) in [6.07, 6.45) is 4.52. The number of hydrogen-bond acceptors (Lipinski definition) is 5. The lowest BCUT2D eigenvalue weighted by Crippen LogP contribution is -2.32. The second-order valence-corrected chi connectivity index (χ2v) is 3.88. The van der Waals surface area contributed by atoms with Crippen LogP contribution in [0.1, 0.15) is 18.5 Å². The van der Waals surface area contributed by atoms with Gasteiger partial charge >= 0.3 is 0 Å². The van der Waals surface area contributed by atoms with Gasteiger partial charge in [-0.3, -0.25) is 9.89 Å². The third-order valence-corrected chi connectivity index (χ3v) is 2.40. The van der Waals surface area contributed by atoms with Crippen LogP contribution in [0.25, 0.3) is 0 Å². The number of likely N-dealkylation sites (N-methyl/N-ethyl adjacent to an activating group) is 1. The van der Waals surface area contributed by atoms with Crippen molar-refractivity contribution in [2.75, 3.05) is 33.4 Å². The fraction of sp³-hybridized carbons (Fsp3) is 0.727. The Morgan fingerprint density at radius 1 is 1.44 bits per heavy atom. The number of aromatic amines is 1. The van der Waals surface area contributed by atoms with Crippen molar-refractivity contribution < 1.29 is 9.53 Å². The smallest absolute Gasteiger partial charge is 0.233 e. The van der Waals surface area contributed by atoms with Crippen LogP contribution in [0.4, 0.5) is 0 Å². The van der Waals surface area contributed by atoms with Gasteiger partial charge in [0.15, 0.2) is 0 Å². The van der Waals surface area contributed by atoms with Crippen LogP contribution in [0, 0.1) is 0 Å². The molecular weight excluding hydrogens is 234 g/mol. The minimum atomic E-state index is 0.00327. The first-order valence-corrected chi connectivity index (χ1v) is 6.17. The zero-order valence-electron chi connectivity index (χ0n) is 10.7. The summed E-state index contributed by atoms with van der Waals surface area (Å²) in [6, 6.07) is 0. The van der Waals surface area contributed by atoms with Gasteiger partial charge in [-0.15, -0.1) is 5.10 Å². The molecule has 1 heterocycles. The van der Waals surface area contributed by atoms with Crippen LogP contribution in [0.3, 0.4) is 0 Å². The lowest BCUT2D eigenvalue weighted by molar-refractivity contribution is -0.119. The van der Waals surface area contributed by atoms with Gasteiger partial charge in [-0.25, -0.2) is 0 Å². The highest BCUT2D eigenvalue weighted by Gasteiger charge is 1.97. The second kappa shape index (κ2) is 9.55. The SMILES string of the molecule is CNC(=O)CNCCCOCCCc1c[nH]nn1. The van der Waals surface area contributed by atoms with Crippen LogP contribution in [0.5, 0.6) is 0 Å². The van der Waals surface area contributed by atoms with E-state index in [1.54, 1.807) is 13.2 Å². The number of rotatable bonds is 10. The molecule has 7 nitrogen and oxygen atoms in total. The molecule has 0 saturated carbocycles. The molecule has 1 amide bonds. The maximum Gasteiger partial charge on any atom is 0.233 e. The molecule has 102 valence electrons. The average Bonchev–Trinajstić information content (AvgIpc) is 2.89. The number of amides is 1. The van der Waals surface area contributed by atoms with Gasteiger partial charge in [0.05, 0.1) is 12.2 Å². The van der Waals surface area contributed by atoms with Crippen molar-refractivity contribution >= 4 is 5.91 Å². The first kappa shape index (κ1) is 14.6. The highest BCUT2D eigenvalue weighted by atomic mass is 16.5. The Kier molecular flexibility index (Phi) is 7.74. The molecule has 3 N–H and O–H groups in total. The highest BCUT2D eigenvalue weighted by Crippen LogP contribution is 1.95. The number of aromatic nitrogens is 3. The molecule has 0 aliphatic rings. The third-order valence-electron chi connectivity index (χ3n) is 2.40. The van der Waals surface area contributed by atoms with Crippen LogP contribution in [-0.4, -0.2) is 54.7 Å². The number of nitrogens with one attached hydrogen (secondary N) is 3. The third kappa shape index (κ3) is 6.97.